The summed E-state index contributed by atoms with van der Waals surface area (Å²) in [5.74, 6) is 0. The molecular formula is C8H11N2O+. The van der Waals surface area contributed by atoms with Crippen LogP contribution in [-0.4, -0.2) is 25.0 Å². The van der Waals surface area contributed by atoms with Crippen molar-refractivity contribution < 1.29 is 9.36 Å². The first kappa shape index (κ1) is 7.72. The van der Waals surface area contributed by atoms with Crippen molar-refractivity contribution in [2.24, 2.45) is 0 Å². The van der Waals surface area contributed by atoms with Gasteiger partial charge in [-0.15, -0.1) is 0 Å². The summed E-state index contributed by atoms with van der Waals surface area (Å²) in [5.41, 5.74) is 0. The Morgan fingerprint density at radius 3 is 2.18 bits per heavy atom. The van der Waals surface area contributed by atoms with E-state index in [1.54, 1.807) is 26.5 Å². The monoisotopic (exact) mass is 151 g/mol. The minimum absolute atomic E-state index is 0.0365. The number of hydrogen-bond donors (Lipinski definition) is 0. The second-order valence-corrected chi connectivity index (χ2v) is 2.46. The molecule has 0 fully saturated rings. The zero-order valence-corrected chi connectivity index (χ0v) is 6.69. The molecule has 0 spiro atoms. The van der Waals surface area contributed by atoms with Gasteiger partial charge in [0.25, 0.3) is 0 Å². The molecule has 0 saturated heterocycles. The maximum atomic E-state index is 11.2. The molecule has 1 rings (SSSR count). The summed E-state index contributed by atoms with van der Waals surface area (Å²) in [6.07, 6.45) is 3.45. The van der Waals surface area contributed by atoms with Gasteiger partial charge < -0.3 is 0 Å². The highest BCUT2D eigenvalue weighted by Gasteiger charge is 2.13. The molecular weight excluding hydrogens is 140 g/mol. The number of amides is 1. The molecule has 0 aliphatic heterocycles. The highest BCUT2D eigenvalue weighted by Crippen LogP contribution is 1.80. The number of hydrogen-bond acceptors (Lipinski definition) is 1. The number of carbonyl (C=O) groups is 1. The average molecular weight is 151 g/mol. The number of rotatable bonds is 0. The molecule has 0 aromatic carbocycles. The van der Waals surface area contributed by atoms with Crippen molar-refractivity contribution in [3.05, 3.63) is 30.6 Å². The Hall–Kier alpha value is -1.38. The zero-order chi connectivity index (χ0) is 8.27. The lowest BCUT2D eigenvalue weighted by Crippen LogP contribution is -2.48. The second kappa shape index (κ2) is 3.14. The minimum atomic E-state index is -0.0365. The Balaban J connectivity index is 2.86. The summed E-state index contributed by atoms with van der Waals surface area (Å²) < 4.78 is 1.53. The molecule has 11 heavy (non-hydrogen) atoms. The van der Waals surface area contributed by atoms with Crippen molar-refractivity contribution in [2.45, 2.75) is 0 Å². The maximum absolute atomic E-state index is 11.2. The van der Waals surface area contributed by atoms with Crippen LogP contribution in [0.5, 0.6) is 0 Å². The van der Waals surface area contributed by atoms with E-state index >= 15 is 0 Å². The van der Waals surface area contributed by atoms with Crippen LogP contribution in [0.3, 0.4) is 0 Å². The molecule has 0 radical (unpaired) electrons. The van der Waals surface area contributed by atoms with Gasteiger partial charge in [0, 0.05) is 0 Å². The third-order valence-electron chi connectivity index (χ3n) is 1.32. The minimum Gasteiger partial charge on any atom is -0.231 e. The molecule has 3 nitrogen and oxygen atoms in total. The molecule has 1 heterocycles. The van der Waals surface area contributed by atoms with Crippen LogP contribution in [0.15, 0.2) is 30.6 Å². The summed E-state index contributed by atoms with van der Waals surface area (Å²) in [6, 6.07) is 5.48. The van der Waals surface area contributed by atoms with Crippen LogP contribution in [0.25, 0.3) is 0 Å². The molecule has 0 aliphatic rings. The maximum Gasteiger partial charge on any atom is 0.497 e. The normalized spacial score (nSPS) is 9.27. The van der Waals surface area contributed by atoms with E-state index in [9.17, 15) is 4.79 Å². The fourth-order valence-electron chi connectivity index (χ4n) is 0.757. The molecule has 0 aliphatic carbocycles. The predicted molar refractivity (Wildman–Crippen MR) is 41.1 cm³/mol. The van der Waals surface area contributed by atoms with Crippen LogP contribution in [0, 0.1) is 0 Å². The zero-order valence-electron chi connectivity index (χ0n) is 6.69. The fraction of sp³-hybridized carbons (Fsp3) is 0.250. The average Bonchev–Trinajstić information content (AvgIpc) is 2.05. The summed E-state index contributed by atoms with van der Waals surface area (Å²) in [7, 11) is 3.45. The first-order valence-corrected chi connectivity index (χ1v) is 3.40. The highest BCUT2D eigenvalue weighted by atomic mass is 16.2. The lowest BCUT2D eigenvalue weighted by molar-refractivity contribution is -0.577. The molecule has 0 N–H and O–H groups in total. The third kappa shape index (κ3) is 1.77. The molecule has 1 aromatic rings. The van der Waals surface area contributed by atoms with Gasteiger partial charge in [-0.2, -0.15) is 9.36 Å². The number of pyridine rings is 1. The van der Waals surface area contributed by atoms with E-state index in [1.807, 2.05) is 18.2 Å². The summed E-state index contributed by atoms with van der Waals surface area (Å²) in [6.45, 7) is 0. The van der Waals surface area contributed by atoms with Gasteiger partial charge in [-0.1, -0.05) is 6.07 Å². The van der Waals surface area contributed by atoms with Gasteiger partial charge in [-0.05, 0) is 12.1 Å². The van der Waals surface area contributed by atoms with Gasteiger partial charge in [0.2, 0.25) is 0 Å². The predicted octanol–water partition coefficient (Wildman–Crippen LogP) is 0.504. The van der Waals surface area contributed by atoms with Gasteiger partial charge in [0.15, 0.2) is 0 Å². The molecule has 0 unspecified atom stereocenters. The van der Waals surface area contributed by atoms with Gasteiger partial charge in [-0.3, -0.25) is 0 Å². The quantitative estimate of drug-likeness (QED) is 0.495. The van der Waals surface area contributed by atoms with Crippen molar-refractivity contribution in [2.75, 3.05) is 14.1 Å². The van der Waals surface area contributed by atoms with E-state index in [2.05, 4.69) is 0 Å². The smallest absolute Gasteiger partial charge is 0.231 e. The molecule has 1 amide bonds. The molecule has 0 bridgehead atoms. The van der Waals surface area contributed by atoms with Gasteiger partial charge in [0.1, 0.15) is 0 Å². The number of nitrogens with zero attached hydrogens (tertiary/aromatic N) is 2. The molecule has 3 heteroatoms. The number of carbonyl (C=O) groups excluding carboxylic acids is 1. The lowest BCUT2D eigenvalue weighted by Gasteiger charge is -2.01. The van der Waals surface area contributed by atoms with Crippen molar-refractivity contribution in [3.63, 3.8) is 0 Å². The Morgan fingerprint density at radius 1 is 1.18 bits per heavy atom. The molecule has 0 atom stereocenters. The second-order valence-electron chi connectivity index (χ2n) is 2.46. The van der Waals surface area contributed by atoms with Crippen molar-refractivity contribution in [1.82, 2.24) is 4.90 Å². The van der Waals surface area contributed by atoms with Crippen LogP contribution in [0.4, 0.5) is 4.79 Å². The standard InChI is InChI=1S/C8H11N2O/c1-9(2)8(11)10-6-4-3-5-7-10/h3-7H,1-2H3/q+1. The van der Waals surface area contributed by atoms with E-state index in [0.717, 1.165) is 0 Å². The fourth-order valence-corrected chi connectivity index (χ4v) is 0.757. The largest absolute Gasteiger partial charge is 0.497 e. The van der Waals surface area contributed by atoms with Crippen molar-refractivity contribution >= 4 is 6.03 Å². The van der Waals surface area contributed by atoms with E-state index in [4.69, 9.17) is 0 Å². The van der Waals surface area contributed by atoms with Crippen LogP contribution in [0.2, 0.25) is 0 Å². The first-order valence-electron chi connectivity index (χ1n) is 3.40. The molecule has 58 valence electrons. The van der Waals surface area contributed by atoms with Crippen LogP contribution in [-0.2, 0) is 0 Å². The van der Waals surface area contributed by atoms with Crippen molar-refractivity contribution in [1.29, 1.82) is 0 Å². The van der Waals surface area contributed by atoms with E-state index in [1.165, 1.54) is 9.47 Å². The number of aromatic nitrogens is 1. The Morgan fingerprint density at radius 2 is 1.73 bits per heavy atom. The van der Waals surface area contributed by atoms with Gasteiger partial charge in [-0.25, -0.2) is 4.90 Å². The van der Waals surface area contributed by atoms with Crippen LogP contribution < -0.4 is 4.57 Å². The summed E-state index contributed by atoms with van der Waals surface area (Å²) in [4.78, 5) is 12.8. The van der Waals surface area contributed by atoms with Crippen LogP contribution >= 0.6 is 0 Å². The molecule has 1 aromatic heterocycles. The summed E-state index contributed by atoms with van der Waals surface area (Å²) >= 11 is 0. The highest BCUT2D eigenvalue weighted by molar-refractivity contribution is 5.63. The van der Waals surface area contributed by atoms with Crippen LogP contribution in [0.1, 0.15) is 0 Å². The first-order chi connectivity index (χ1) is 5.22. The third-order valence-corrected chi connectivity index (χ3v) is 1.32. The summed E-state index contributed by atoms with van der Waals surface area (Å²) in [5, 5.41) is 0. The van der Waals surface area contributed by atoms with E-state index in [0.29, 0.717) is 0 Å². The van der Waals surface area contributed by atoms with E-state index < -0.39 is 0 Å². The van der Waals surface area contributed by atoms with Crippen molar-refractivity contribution in [3.8, 4) is 0 Å². The Labute approximate surface area is 65.9 Å². The molecule has 0 saturated carbocycles. The van der Waals surface area contributed by atoms with Gasteiger partial charge in [0.05, 0.1) is 26.5 Å². The van der Waals surface area contributed by atoms with Gasteiger partial charge >= 0.3 is 6.03 Å². The topological polar surface area (TPSA) is 24.2 Å². The Bertz CT molecular complexity index is 244. The Kier molecular flexibility index (Phi) is 2.21. The van der Waals surface area contributed by atoms with E-state index in [-0.39, 0.29) is 6.03 Å². The SMILES string of the molecule is CN(C)C(=O)[n+]1ccccc1. The lowest BCUT2D eigenvalue weighted by atomic mass is 10.5.